The lowest BCUT2D eigenvalue weighted by Gasteiger charge is -2.07. The zero-order chi connectivity index (χ0) is 14.7. The zero-order valence-electron chi connectivity index (χ0n) is 12.0. The molecule has 0 saturated heterocycles. The van der Waals surface area contributed by atoms with Crippen molar-refractivity contribution in [2.75, 3.05) is 0 Å². The van der Waals surface area contributed by atoms with E-state index in [4.69, 9.17) is 11.1 Å². The molecule has 1 heterocycles. The monoisotopic (exact) mass is 285 g/mol. The second-order valence-electron chi connectivity index (χ2n) is 5.03. The molecule has 3 nitrogen and oxygen atoms in total. The molecule has 1 aromatic carbocycles. The molecular formula is C16H19N3S. The second kappa shape index (κ2) is 6.09. The number of amidine groups is 1. The van der Waals surface area contributed by atoms with Crippen LogP contribution in [-0.2, 0) is 5.75 Å². The molecule has 0 unspecified atom stereocenters. The smallest absolute Gasteiger partial charge is 0.122 e. The van der Waals surface area contributed by atoms with Crippen molar-refractivity contribution >= 4 is 17.6 Å². The molecule has 0 saturated carbocycles. The van der Waals surface area contributed by atoms with Crippen LogP contribution >= 0.6 is 11.8 Å². The maximum atomic E-state index is 7.52. The number of thioether (sulfide) groups is 1. The first-order valence-corrected chi connectivity index (χ1v) is 7.45. The highest BCUT2D eigenvalue weighted by Crippen LogP contribution is 2.23. The van der Waals surface area contributed by atoms with E-state index in [1.54, 1.807) is 11.8 Å². The summed E-state index contributed by atoms with van der Waals surface area (Å²) < 4.78 is 0. The van der Waals surface area contributed by atoms with Crippen LogP contribution < -0.4 is 5.73 Å². The van der Waals surface area contributed by atoms with Crippen molar-refractivity contribution in [2.24, 2.45) is 5.73 Å². The van der Waals surface area contributed by atoms with Gasteiger partial charge in [-0.1, -0.05) is 29.3 Å². The number of nitrogens with zero attached hydrogens (tertiary/aromatic N) is 1. The quantitative estimate of drug-likeness (QED) is 0.512. The summed E-state index contributed by atoms with van der Waals surface area (Å²) in [5.41, 5.74) is 11.0. The van der Waals surface area contributed by atoms with E-state index in [0.717, 1.165) is 22.0 Å². The molecule has 2 rings (SSSR count). The Morgan fingerprint density at radius 1 is 1.10 bits per heavy atom. The summed E-state index contributed by atoms with van der Waals surface area (Å²) in [6, 6.07) is 10.3. The Morgan fingerprint density at radius 3 is 2.35 bits per heavy atom. The molecule has 3 N–H and O–H groups in total. The van der Waals surface area contributed by atoms with E-state index in [9.17, 15) is 0 Å². The van der Waals surface area contributed by atoms with Crippen molar-refractivity contribution in [3.8, 4) is 0 Å². The highest BCUT2D eigenvalue weighted by atomic mass is 32.2. The highest BCUT2D eigenvalue weighted by molar-refractivity contribution is 7.98. The minimum atomic E-state index is 0.0868. The Labute approximate surface area is 124 Å². The fourth-order valence-electron chi connectivity index (χ4n) is 2.18. The van der Waals surface area contributed by atoms with Crippen LogP contribution in [0.2, 0.25) is 0 Å². The molecule has 0 bridgehead atoms. The Hall–Kier alpha value is -1.81. The topological polar surface area (TPSA) is 62.8 Å². The Kier molecular flexibility index (Phi) is 4.45. The number of aromatic nitrogens is 1. The van der Waals surface area contributed by atoms with Crippen LogP contribution in [0.5, 0.6) is 0 Å². The minimum Gasteiger partial charge on any atom is -0.384 e. The number of rotatable bonds is 4. The average Bonchev–Trinajstić information content (AvgIpc) is 2.34. The second-order valence-corrected chi connectivity index (χ2v) is 6.03. The maximum absolute atomic E-state index is 7.52. The van der Waals surface area contributed by atoms with E-state index in [1.807, 2.05) is 19.1 Å². The molecule has 0 radical (unpaired) electrons. The van der Waals surface area contributed by atoms with Gasteiger partial charge in [-0.25, -0.2) is 4.98 Å². The van der Waals surface area contributed by atoms with Gasteiger partial charge in [0.15, 0.2) is 0 Å². The van der Waals surface area contributed by atoms with Gasteiger partial charge in [0.1, 0.15) is 5.84 Å². The highest BCUT2D eigenvalue weighted by Gasteiger charge is 2.04. The lowest BCUT2D eigenvalue weighted by Crippen LogP contribution is -2.11. The normalized spacial score (nSPS) is 10.6. The number of aryl methyl sites for hydroxylation is 3. The first-order chi connectivity index (χ1) is 9.44. The van der Waals surface area contributed by atoms with Crippen LogP contribution in [0, 0.1) is 26.2 Å². The first kappa shape index (κ1) is 14.6. The maximum Gasteiger partial charge on any atom is 0.122 e. The molecule has 20 heavy (non-hydrogen) atoms. The minimum absolute atomic E-state index is 0.0868. The van der Waals surface area contributed by atoms with Gasteiger partial charge in [0, 0.05) is 17.0 Å². The van der Waals surface area contributed by atoms with Gasteiger partial charge >= 0.3 is 0 Å². The molecule has 0 aliphatic carbocycles. The number of nitrogen functional groups attached to an aromatic ring is 1. The third-order valence-corrected chi connectivity index (χ3v) is 3.89. The standard InChI is InChI=1S/C16H19N3S/c1-10-4-11(2)6-13(5-10)9-20-15-8-14(16(17)18)7-12(3)19-15/h4-8H,9H2,1-3H3,(H3,17,18). The summed E-state index contributed by atoms with van der Waals surface area (Å²) in [7, 11) is 0. The Bertz CT molecular complexity index is 630. The predicted octanol–water partition coefficient (Wildman–Crippen LogP) is 3.58. The largest absolute Gasteiger partial charge is 0.384 e. The number of hydrogen-bond donors (Lipinski definition) is 2. The van der Waals surface area contributed by atoms with Crippen molar-refractivity contribution in [1.29, 1.82) is 5.41 Å². The third-order valence-electron chi connectivity index (χ3n) is 2.91. The molecule has 0 fully saturated rings. The SMILES string of the molecule is Cc1cc(C)cc(CSc2cc(C(=N)N)cc(C)n2)c1. The lowest BCUT2D eigenvalue weighted by atomic mass is 10.1. The van der Waals surface area contributed by atoms with Gasteiger partial charge in [-0.15, -0.1) is 11.8 Å². The zero-order valence-corrected chi connectivity index (χ0v) is 12.8. The number of benzene rings is 1. The molecule has 0 aliphatic rings. The van der Waals surface area contributed by atoms with E-state index < -0.39 is 0 Å². The summed E-state index contributed by atoms with van der Waals surface area (Å²) in [5.74, 6) is 0.958. The van der Waals surface area contributed by atoms with Crippen LogP contribution in [-0.4, -0.2) is 10.8 Å². The van der Waals surface area contributed by atoms with Gasteiger partial charge in [0.2, 0.25) is 0 Å². The van der Waals surface area contributed by atoms with Gasteiger partial charge in [0.25, 0.3) is 0 Å². The van der Waals surface area contributed by atoms with Crippen LogP contribution in [0.4, 0.5) is 0 Å². The number of hydrogen-bond acceptors (Lipinski definition) is 3. The van der Waals surface area contributed by atoms with E-state index in [0.29, 0.717) is 0 Å². The average molecular weight is 285 g/mol. The lowest BCUT2D eigenvalue weighted by molar-refractivity contribution is 1.06. The Morgan fingerprint density at radius 2 is 1.75 bits per heavy atom. The van der Waals surface area contributed by atoms with Crippen molar-refractivity contribution < 1.29 is 0 Å². The van der Waals surface area contributed by atoms with Crippen molar-refractivity contribution in [2.45, 2.75) is 31.6 Å². The molecule has 4 heteroatoms. The van der Waals surface area contributed by atoms with Gasteiger partial charge in [-0.2, -0.15) is 0 Å². The molecule has 1 aromatic heterocycles. The van der Waals surface area contributed by atoms with Gasteiger partial charge in [-0.3, -0.25) is 5.41 Å². The van der Waals surface area contributed by atoms with Crippen LogP contribution in [0.1, 0.15) is 27.9 Å². The fourth-order valence-corrected chi connectivity index (χ4v) is 3.08. The first-order valence-electron chi connectivity index (χ1n) is 6.47. The number of pyridine rings is 1. The van der Waals surface area contributed by atoms with E-state index in [2.05, 4.69) is 37.0 Å². The molecular weight excluding hydrogens is 266 g/mol. The Balaban J connectivity index is 2.16. The molecule has 0 atom stereocenters. The van der Waals surface area contributed by atoms with E-state index >= 15 is 0 Å². The molecule has 0 aliphatic heterocycles. The van der Waals surface area contributed by atoms with Crippen LogP contribution in [0.3, 0.4) is 0 Å². The van der Waals surface area contributed by atoms with Crippen molar-refractivity contribution in [3.63, 3.8) is 0 Å². The third kappa shape index (κ3) is 3.84. The van der Waals surface area contributed by atoms with E-state index in [-0.39, 0.29) is 5.84 Å². The van der Waals surface area contributed by atoms with E-state index in [1.165, 1.54) is 16.7 Å². The van der Waals surface area contributed by atoms with Crippen LogP contribution in [0.15, 0.2) is 35.4 Å². The summed E-state index contributed by atoms with van der Waals surface area (Å²) in [4.78, 5) is 4.49. The van der Waals surface area contributed by atoms with Gasteiger partial charge < -0.3 is 5.73 Å². The molecule has 0 amide bonds. The number of nitrogens with one attached hydrogen (secondary N) is 1. The molecule has 104 valence electrons. The summed E-state index contributed by atoms with van der Waals surface area (Å²) in [6.07, 6.45) is 0. The molecule has 2 aromatic rings. The number of nitrogens with two attached hydrogens (primary N) is 1. The van der Waals surface area contributed by atoms with Crippen molar-refractivity contribution in [1.82, 2.24) is 4.98 Å². The molecule has 0 spiro atoms. The fraction of sp³-hybridized carbons (Fsp3) is 0.250. The van der Waals surface area contributed by atoms with Crippen molar-refractivity contribution in [3.05, 3.63) is 58.3 Å². The summed E-state index contributed by atoms with van der Waals surface area (Å²) in [5, 5.41) is 8.43. The van der Waals surface area contributed by atoms with Gasteiger partial charge in [-0.05, 0) is 38.5 Å². The summed E-state index contributed by atoms with van der Waals surface area (Å²) >= 11 is 1.67. The predicted molar refractivity (Wildman–Crippen MR) is 85.5 cm³/mol. The van der Waals surface area contributed by atoms with Crippen LogP contribution in [0.25, 0.3) is 0 Å². The van der Waals surface area contributed by atoms with Gasteiger partial charge in [0.05, 0.1) is 5.03 Å². The summed E-state index contributed by atoms with van der Waals surface area (Å²) in [6.45, 7) is 6.15.